The first-order valence-corrected chi connectivity index (χ1v) is 14.7. The van der Waals surface area contributed by atoms with Crippen LogP contribution in [0.1, 0.15) is 41.5 Å². The Bertz CT molecular complexity index is 1620. The molecular formula is C29H32Cl2N6O4S. The molecule has 0 radical (unpaired) electrons. The molecule has 0 aliphatic carbocycles. The minimum absolute atomic E-state index is 0. The van der Waals surface area contributed by atoms with Crippen molar-refractivity contribution in [2.45, 2.75) is 55.4 Å². The average Bonchev–Trinajstić information content (AvgIpc) is 3.54. The second-order valence-electron chi connectivity index (χ2n) is 10.8. The van der Waals surface area contributed by atoms with Gasteiger partial charge in [0.1, 0.15) is 10.7 Å². The molecular weight excluding hydrogens is 599 g/mol. The molecule has 1 spiro atoms. The van der Waals surface area contributed by atoms with Crippen LogP contribution in [0, 0.1) is 12.3 Å². The normalized spacial score (nSPS) is 19.8. The zero-order valence-electron chi connectivity index (χ0n) is 23.2. The quantitative estimate of drug-likeness (QED) is 0.271. The number of aliphatic hydroxyl groups is 1. The number of carboxylic acids is 1. The highest BCUT2D eigenvalue weighted by Crippen LogP contribution is 2.43. The fourth-order valence-electron chi connectivity index (χ4n) is 5.72. The van der Waals surface area contributed by atoms with Gasteiger partial charge in [-0.15, -0.1) is 12.4 Å². The predicted molar refractivity (Wildman–Crippen MR) is 164 cm³/mol. The maximum absolute atomic E-state index is 11.2. The molecule has 10 nitrogen and oxygen atoms in total. The number of pyridine rings is 1. The van der Waals surface area contributed by atoms with Crippen molar-refractivity contribution in [1.29, 1.82) is 0 Å². The number of hydrogen-bond acceptors (Lipinski definition) is 9. The molecule has 0 saturated carbocycles. The van der Waals surface area contributed by atoms with E-state index in [2.05, 4.69) is 4.90 Å². The summed E-state index contributed by atoms with van der Waals surface area (Å²) in [5.41, 5.74) is 10.0. The second-order valence-corrected chi connectivity index (χ2v) is 12.2. The molecule has 2 aliphatic heterocycles. The summed E-state index contributed by atoms with van der Waals surface area (Å²) in [6.07, 6.45) is 5.61. The van der Waals surface area contributed by atoms with Gasteiger partial charge < -0.3 is 30.0 Å². The van der Waals surface area contributed by atoms with Crippen molar-refractivity contribution in [3.63, 3.8) is 0 Å². The molecule has 6 rings (SSSR count). The lowest BCUT2D eigenvalue weighted by molar-refractivity contribution is 0.0697. The lowest BCUT2D eigenvalue weighted by atomic mass is 9.73. The first-order valence-electron chi connectivity index (χ1n) is 13.5. The van der Waals surface area contributed by atoms with Crippen LogP contribution in [0.4, 0.5) is 5.82 Å². The number of ether oxygens (including phenoxy) is 1. The van der Waals surface area contributed by atoms with E-state index in [9.17, 15) is 9.90 Å². The third kappa shape index (κ3) is 5.45. The molecule has 13 heteroatoms. The first kappa shape index (κ1) is 30.5. The van der Waals surface area contributed by atoms with Crippen molar-refractivity contribution < 1.29 is 19.7 Å². The van der Waals surface area contributed by atoms with Gasteiger partial charge in [0.25, 0.3) is 0 Å². The summed E-state index contributed by atoms with van der Waals surface area (Å²) in [6, 6.07) is 8.47. The SMILES string of the molecule is Cc1nc(N2CCC3(CC2)CO[C@@H](C)[C@H]3N)c(CO)nc1Sc1ccn2cc(-c3ccc(C(=O)O)cc3)nc2c1Cl.Cl. The van der Waals surface area contributed by atoms with E-state index < -0.39 is 5.97 Å². The van der Waals surface area contributed by atoms with Gasteiger partial charge in [0, 0.05) is 47.4 Å². The summed E-state index contributed by atoms with van der Waals surface area (Å²) >= 11 is 8.19. The monoisotopic (exact) mass is 630 g/mol. The van der Waals surface area contributed by atoms with Gasteiger partial charge in [-0.2, -0.15) is 0 Å². The molecule has 0 unspecified atom stereocenters. The smallest absolute Gasteiger partial charge is 0.335 e. The third-order valence-corrected chi connectivity index (χ3v) is 9.92. The number of fused-ring (bicyclic) bond motifs is 1. The molecule has 42 heavy (non-hydrogen) atoms. The number of anilines is 1. The van der Waals surface area contributed by atoms with Crippen molar-refractivity contribution in [3.05, 3.63) is 64.7 Å². The largest absolute Gasteiger partial charge is 0.478 e. The van der Waals surface area contributed by atoms with Gasteiger partial charge in [-0.25, -0.2) is 19.7 Å². The van der Waals surface area contributed by atoms with Gasteiger partial charge in [-0.05, 0) is 44.9 Å². The van der Waals surface area contributed by atoms with Crippen molar-refractivity contribution >= 4 is 53.2 Å². The zero-order chi connectivity index (χ0) is 28.9. The molecule has 4 N–H and O–H groups in total. The Morgan fingerprint density at radius 2 is 1.90 bits per heavy atom. The Morgan fingerprint density at radius 1 is 1.19 bits per heavy atom. The topological polar surface area (TPSA) is 139 Å². The molecule has 0 amide bonds. The molecule has 2 atom stereocenters. The number of aliphatic hydroxyl groups excluding tert-OH is 1. The maximum Gasteiger partial charge on any atom is 0.335 e. The van der Waals surface area contributed by atoms with E-state index in [1.54, 1.807) is 24.3 Å². The van der Waals surface area contributed by atoms with Crippen LogP contribution in [0.25, 0.3) is 16.9 Å². The van der Waals surface area contributed by atoms with Crippen molar-refractivity contribution in [2.24, 2.45) is 11.1 Å². The number of halogens is 2. The van der Waals surface area contributed by atoms with Crippen molar-refractivity contribution in [1.82, 2.24) is 19.4 Å². The molecule has 5 heterocycles. The molecule has 0 bridgehead atoms. The zero-order valence-corrected chi connectivity index (χ0v) is 25.5. The van der Waals surface area contributed by atoms with E-state index >= 15 is 0 Å². The van der Waals surface area contributed by atoms with Crippen molar-refractivity contribution in [3.8, 4) is 11.3 Å². The van der Waals surface area contributed by atoms with Crippen LogP contribution in [0.3, 0.4) is 0 Å². The number of aromatic nitrogens is 4. The maximum atomic E-state index is 11.2. The number of nitrogens with two attached hydrogens (primary N) is 1. The fraction of sp³-hybridized carbons (Fsp3) is 0.379. The van der Waals surface area contributed by atoms with Crippen LogP contribution in [0.2, 0.25) is 5.02 Å². The number of carboxylic acid groups (broad SMARTS) is 1. The summed E-state index contributed by atoms with van der Waals surface area (Å²) < 4.78 is 7.69. The lowest BCUT2D eigenvalue weighted by Crippen LogP contribution is -2.51. The Balaban J connectivity index is 0.00000353. The van der Waals surface area contributed by atoms with Gasteiger partial charge in [-0.1, -0.05) is 35.5 Å². The van der Waals surface area contributed by atoms with Crippen LogP contribution in [0.5, 0.6) is 0 Å². The Kier molecular flexibility index (Phi) is 8.71. The number of piperidine rings is 1. The summed E-state index contributed by atoms with van der Waals surface area (Å²) in [7, 11) is 0. The number of aromatic carboxylic acids is 1. The van der Waals surface area contributed by atoms with Crippen LogP contribution in [-0.4, -0.2) is 67.4 Å². The summed E-state index contributed by atoms with van der Waals surface area (Å²) in [5.74, 6) is -0.270. The third-order valence-electron chi connectivity index (χ3n) is 8.30. The molecule has 1 aromatic carbocycles. The van der Waals surface area contributed by atoms with E-state index in [1.807, 2.05) is 36.7 Å². The summed E-state index contributed by atoms with van der Waals surface area (Å²) in [6.45, 7) is 5.97. The standard InChI is InChI=1S/C29H31ClN6O4S.ClH/c1-16-27(34-21(14-37)25(32-16)35-11-8-29(9-12-35)15-40-17(2)24(29)31)41-22-7-10-36-13-20(33-26(36)23(22)30)18-3-5-19(6-4-18)28(38)39;/h3-7,10,13,17,24,37H,8-9,11-12,14-15,31H2,1-2H3,(H,38,39);1H/t17-,24+;/m0./s1. The highest BCUT2D eigenvalue weighted by atomic mass is 35.5. The molecule has 2 saturated heterocycles. The summed E-state index contributed by atoms with van der Waals surface area (Å²) in [4.78, 5) is 28.5. The molecule has 222 valence electrons. The van der Waals surface area contributed by atoms with Gasteiger partial charge >= 0.3 is 5.97 Å². The lowest BCUT2D eigenvalue weighted by Gasteiger charge is -2.42. The minimum Gasteiger partial charge on any atom is -0.478 e. The number of nitrogens with zero attached hydrogens (tertiary/aromatic N) is 5. The van der Waals surface area contributed by atoms with E-state index in [1.165, 1.54) is 11.8 Å². The number of benzene rings is 1. The predicted octanol–water partition coefficient (Wildman–Crippen LogP) is 4.85. The van der Waals surface area contributed by atoms with Crippen LogP contribution >= 0.6 is 35.8 Å². The number of imidazole rings is 1. The number of rotatable bonds is 6. The molecule has 2 fully saturated rings. The summed E-state index contributed by atoms with van der Waals surface area (Å²) in [5, 5.41) is 20.5. The number of hydrogen-bond donors (Lipinski definition) is 3. The highest BCUT2D eigenvalue weighted by Gasteiger charge is 2.47. The van der Waals surface area contributed by atoms with Crippen molar-refractivity contribution in [2.75, 3.05) is 24.6 Å². The van der Waals surface area contributed by atoms with Gasteiger partial charge in [-0.3, -0.25) is 0 Å². The van der Waals surface area contributed by atoms with Crippen LogP contribution in [0.15, 0.2) is 52.6 Å². The molecule has 4 aromatic rings. The number of aryl methyl sites for hydroxylation is 1. The van der Waals surface area contributed by atoms with Crippen LogP contribution < -0.4 is 10.6 Å². The number of carbonyl (C=O) groups is 1. The van der Waals surface area contributed by atoms with E-state index in [4.69, 9.17) is 42.1 Å². The minimum atomic E-state index is -0.977. The first-order chi connectivity index (χ1) is 19.7. The van der Waals surface area contributed by atoms with Gasteiger partial charge in [0.2, 0.25) is 0 Å². The second kappa shape index (κ2) is 12.0. The molecule has 3 aromatic heterocycles. The van der Waals surface area contributed by atoms with E-state index in [0.29, 0.717) is 39.5 Å². The Hall–Kier alpha value is -2.93. The van der Waals surface area contributed by atoms with E-state index in [-0.39, 0.29) is 42.1 Å². The van der Waals surface area contributed by atoms with Gasteiger partial charge in [0.05, 0.1) is 41.3 Å². The van der Waals surface area contributed by atoms with E-state index in [0.717, 1.165) is 42.1 Å². The van der Waals surface area contributed by atoms with Gasteiger partial charge in [0.15, 0.2) is 11.5 Å². The Morgan fingerprint density at radius 3 is 2.52 bits per heavy atom. The average molecular weight is 632 g/mol. The molecule has 2 aliphatic rings. The van der Waals surface area contributed by atoms with Crippen LogP contribution in [-0.2, 0) is 11.3 Å². The Labute approximate surface area is 258 Å². The fourth-order valence-corrected chi connectivity index (χ4v) is 6.91. The highest BCUT2D eigenvalue weighted by molar-refractivity contribution is 7.99.